The summed E-state index contributed by atoms with van der Waals surface area (Å²) in [5.41, 5.74) is 4.88. The van der Waals surface area contributed by atoms with Crippen molar-refractivity contribution in [3.63, 3.8) is 0 Å². The number of carbonyl (C=O) groups excluding carboxylic acids is 1. The predicted molar refractivity (Wildman–Crippen MR) is 142 cm³/mol. The third kappa shape index (κ3) is 4.82. The number of hydrogen-bond donors (Lipinski definition) is 0. The Morgan fingerprint density at radius 2 is 1.75 bits per heavy atom. The van der Waals surface area contributed by atoms with E-state index in [1.165, 1.54) is 11.3 Å². The maximum Gasteiger partial charge on any atom is 0.231 e. The van der Waals surface area contributed by atoms with E-state index in [2.05, 4.69) is 47.9 Å². The van der Waals surface area contributed by atoms with Crippen LogP contribution < -0.4 is 19.1 Å². The highest BCUT2D eigenvalue weighted by Gasteiger charge is 2.33. The summed E-state index contributed by atoms with van der Waals surface area (Å²) in [6.07, 6.45) is 2.72. The quantitative estimate of drug-likeness (QED) is 0.391. The number of ketones is 1. The molecule has 0 aromatic heterocycles. The van der Waals surface area contributed by atoms with Crippen LogP contribution in [0.4, 0.5) is 5.69 Å². The lowest BCUT2D eigenvalue weighted by atomic mass is 10.0. The largest absolute Gasteiger partial charge is 0.497 e. The van der Waals surface area contributed by atoms with Gasteiger partial charge in [-0.25, -0.2) is 0 Å². The minimum Gasteiger partial charge on any atom is -0.497 e. The molecule has 0 bridgehead atoms. The van der Waals surface area contributed by atoms with Crippen molar-refractivity contribution in [2.24, 2.45) is 0 Å². The van der Waals surface area contributed by atoms with Gasteiger partial charge >= 0.3 is 0 Å². The molecule has 3 aromatic rings. The van der Waals surface area contributed by atoms with Crippen LogP contribution in [0.5, 0.6) is 17.2 Å². The summed E-state index contributed by atoms with van der Waals surface area (Å²) in [7, 11) is 1.67. The number of allylic oxidation sites excluding steroid dienone is 1. The van der Waals surface area contributed by atoms with Crippen LogP contribution in [0.15, 0.2) is 66.4 Å². The molecule has 2 heterocycles. The minimum atomic E-state index is -0.0871. The lowest BCUT2D eigenvalue weighted by Crippen LogP contribution is -2.33. The van der Waals surface area contributed by atoms with Crippen LogP contribution in [0, 0.1) is 0 Å². The van der Waals surface area contributed by atoms with Gasteiger partial charge in [-0.2, -0.15) is 0 Å². The van der Waals surface area contributed by atoms with Crippen LogP contribution in [0.3, 0.4) is 0 Å². The number of nitrogens with zero attached hydrogens (tertiary/aromatic N) is 2. The molecule has 186 valence electrons. The second kappa shape index (κ2) is 10.5. The van der Waals surface area contributed by atoms with Gasteiger partial charge in [0.05, 0.1) is 18.2 Å². The average molecular weight is 485 g/mol. The molecule has 0 saturated carbocycles. The summed E-state index contributed by atoms with van der Waals surface area (Å²) < 4.78 is 17.4. The van der Waals surface area contributed by atoms with Crippen molar-refractivity contribution in [2.75, 3.05) is 38.4 Å². The number of methoxy groups -OCH3 is 1. The molecule has 36 heavy (non-hydrogen) atoms. The van der Waals surface area contributed by atoms with Crippen molar-refractivity contribution < 1.29 is 19.0 Å². The summed E-state index contributed by atoms with van der Waals surface area (Å²) in [5, 5.41) is 0. The zero-order valence-corrected chi connectivity index (χ0v) is 21.1. The van der Waals surface area contributed by atoms with Gasteiger partial charge in [-0.3, -0.25) is 9.69 Å². The fourth-order valence-electron chi connectivity index (χ4n) is 4.75. The van der Waals surface area contributed by atoms with E-state index in [9.17, 15) is 4.79 Å². The monoisotopic (exact) mass is 484 g/mol. The number of carbonyl (C=O) groups is 1. The molecular weight excluding hydrogens is 452 g/mol. The van der Waals surface area contributed by atoms with Gasteiger partial charge in [-0.1, -0.05) is 24.3 Å². The van der Waals surface area contributed by atoms with Crippen molar-refractivity contribution in [1.82, 2.24) is 4.90 Å². The van der Waals surface area contributed by atoms with Gasteiger partial charge in [-0.15, -0.1) is 0 Å². The van der Waals surface area contributed by atoms with Crippen LogP contribution in [-0.2, 0) is 13.0 Å². The zero-order valence-electron chi connectivity index (χ0n) is 21.1. The first kappa shape index (κ1) is 23.9. The second-order valence-electron chi connectivity index (χ2n) is 9.05. The molecule has 0 spiro atoms. The Morgan fingerprint density at radius 3 is 2.44 bits per heavy atom. The second-order valence-corrected chi connectivity index (χ2v) is 9.05. The topological polar surface area (TPSA) is 51.2 Å². The van der Waals surface area contributed by atoms with Gasteiger partial charge < -0.3 is 19.1 Å². The van der Waals surface area contributed by atoms with Crippen LogP contribution in [0.2, 0.25) is 0 Å². The van der Waals surface area contributed by atoms with Crippen molar-refractivity contribution >= 4 is 17.5 Å². The van der Waals surface area contributed by atoms with Crippen LogP contribution in [0.1, 0.15) is 40.9 Å². The number of ether oxygens (including phenoxy) is 3. The molecule has 5 rings (SSSR count). The molecule has 0 N–H and O–H groups in total. The molecule has 3 aromatic carbocycles. The third-order valence-electron chi connectivity index (χ3n) is 6.88. The highest BCUT2D eigenvalue weighted by Crippen LogP contribution is 2.42. The first-order valence-corrected chi connectivity index (χ1v) is 12.5. The van der Waals surface area contributed by atoms with Crippen LogP contribution >= 0.6 is 0 Å². The Bertz CT molecular complexity index is 1260. The molecule has 0 saturated heterocycles. The van der Waals surface area contributed by atoms with Gasteiger partial charge in [0.2, 0.25) is 5.78 Å². The highest BCUT2D eigenvalue weighted by atomic mass is 16.5. The molecule has 0 radical (unpaired) electrons. The molecule has 0 fully saturated rings. The standard InChI is InChI=1S/C30H32N2O4/c1-4-32(5-2)23-10-6-22(7-11-23)18-28-29(33)25-14-15-27-26(30(25)36-28)19-31(20-35-27)17-16-21-8-12-24(34-3)13-9-21/h6-15,18H,4-5,16-17,19-20H2,1-3H3/b28-18-. The van der Waals surface area contributed by atoms with Crippen LogP contribution in [0.25, 0.3) is 6.08 Å². The van der Waals surface area contributed by atoms with Crippen molar-refractivity contribution in [3.05, 3.63) is 88.7 Å². The number of Topliss-reactive ketones (excluding diaryl/α,β-unsaturated/α-hetero) is 1. The van der Waals surface area contributed by atoms with E-state index in [1.54, 1.807) is 7.11 Å². The van der Waals surface area contributed by atoms with E-state index in [1.807, 2.05) is 42.5 Å². The Hall–Kier alpha value is -3.77. The predicted octanol–water partition coefficient (Wildman–Crippen LogP) is 5.55. The summed E-state index contributed by atoms with van der Waals surface area (Å²) in [5.74, 6) is 2.53. The van der Waals surface area contributed by atoms with Crippen molar-refractivity contribution in [2.45, 2.75) is 26.8 Å². The summed E-state index contributed by atoms with van der Waals surface area (Å²) in [4.78, 5) is 17.7. The van der Waals surface area contributed by atoms with Crippen molar-refractivity contribution in [3.8, 4) is 17.2 Å². The Morgan fingerprint density at radius 1 is 1.00 bits per heavy atom. The van der Waals surface area contributed by atoms with E-state index in [4.69, 9.17) is 14.2 Å². The first-order chi connectivity index (χ1) is 17.6. The van der Waals surface area contributed by atoms with E-state index in [-0.39, 0.29) is 5.78 Å². The van der Waals surface area contributed by atoms with E-state index < -0.39 is 0 Å². The maximum absolute atomic E-state index is 13.1. The number of fused-ring (bicyclic) bond motifs is 3. The molecule has 0 aliphatic carbocycles. The molecule has 6 heteroatoms. The minimum absolute atomic E-state index is 0.0871. The smallest absolute Gasteiger partial charge is 0.231 e. The molecule has 0 unspecified atom stereocenters. The fraction of sp³-hybridized carbons (Fsp3) is 0.300. The third-order valence-corrected chi connectivity index (χ3v) is 6.88. The van der Waals surface area contributed by atoms with Gasteiger partial charge in [0.15, 0.2) is 5.76 Å². The molecule has 2 aliphatic rings. The lowest BCUT2D eigenvalue weighted by Gasteiger charge is -2.29. The maximum atomic E-state index is 13.1. The normalized spacial score (nSPS) is 15.8. The van der Waals surface area contributed by atoms with E-state index in [0.29, 0.717) is 30.3 Å². The van der Waals surface area contributed by atoms with Gasteiger partial charge in [0.25, 0.3) is 0 Å². The Balaban J connectivity index is 1.30. The van der Waals surface area contributed by atoms with Gasteiger partial charge in [0.1, 0.15) is 24.0 Å². The lowest BCUT2D eigenvalue weighted by molar-refractivity contribution is 0.0949. The zero-order chi connectivity index (χ0) is 25.1. The van der Waals surface area contributed by atoms with Crippen LogP contribution in [-0.4, -0.2) is 44.2 Å². The summed E-state index contributed by atoms with van der Waals surface area (Å²) in [6, 6.07) is 20.1. The Kier molecular flexibility index (Phi) is 6.96. The molecule has 2 aliphatic heterocycles. The number of rotatable bonds is 8. The molecule has 6 nitrogen and oxygen atoms in total. The SMILES string of the molecule is CCN(CC)c1ccc(/C=C2\Oc3c(ccc4c3CN(CCc3ccc(OC)cc3)CO4)C2=O)cc1. The van der Waals surface area contributed by atoms with Gasteiger partial charge in [-0.05, 0) is 73.9 Å². The van der Waals surface area contributed by atoms with E-state index in [0.717, 1.165) is 48.7 Å². The summed E-state index contributed by atoms with van der Waals surface area (Å²) in [6.45, 7) is 8.23. The molecule has 0 amide bonds. The van der Waals surface area contributed by atoms with Crippen molar-refractivity contribution in [1.29, 1.82) is 0 Å². The molecular formula is C30H32N2O4. The Labute approximate surface area is 212 Å². The number of benzene rings is 3. The first-order valence-electron chi connectivity index (χ1n) is 12.5. The highest BCUT2D eigenvalue weighted by molar-refractivity contribution is 6.15. The summed E-state index contributed by atoms with van der Waals surface area (Å²) >= 11 is 0. The molecule has 0 atom stereocenters. The average Bonchev–Trinajstić information content (AvgIpc) is 3.24. The number of hydrogen-bond acceptors (Lipinski definition) is 6. The fourth-order valence-corrected chi connectivity index (χ4v) is 4.75. The van der Waals surface area contributed by atoms with E-state index >= 15 is 0 Å². The van der Waals surface area contributed by atoms with Gasteiger partial charge in [0, 0.05) is 31.9 Å². The number of anilines is 1.